The summed E-state index contributed by atoms with van der Waals surface area (Å²) in [7, 11) is -2.41. The minimum Gasteiger partial charge on any atom is -0.495 e. The Hall–Kier alpha value is -2.54. The number of sulfonamides is 1. The molecule has 134 valence electrons. The number of benzene rings is 2. The van der Waals surface area contributed by atoms with Crippen molar-refractivity contribution in [3.63, 3.8) is 0 Å². The molecular weight excluding hydrogens is 340 g/mol. The number of nitrogens with one attached hydrogen (secondary N) is 1. The summed E-state index contributed by atoms with van der Waals surface area (Å²) in [6.45, 7) is 5.68. The predicted octanol–water partition coefficient (Wildman–Crippen LogP) is 3.10. The first-order valence-corrected chi connectivity index (χ1v) is 9.26. The number of aryl methyl sites for hydroxylation is 1. The smallest absolute Gasteiger partial charge is 0.280 e. The molecule has 0 unspecified atom stereocenters. The zero-order chi connectivity index (χ0) is 18.4. The molecule has 0 aliphatic carbocycles. The van der Waals surface area contributed by atoms with Crippen LogP contribution in [0.15, 0.2) is 52.5 Å². The molecule has 2 aromatic rings. The maximum atomic E-state index is 12.4. The summed E-state index contributed by atoms with van der Waals surface area (Å²) < 4.78 is 35.6. The van der Waals surface area contributed by atoms with Crippen molar-refractivity contribution in [2.75, 3.05) is 7.11 Å². The molecule has 2 rings (SSSR count). The van der Waals surface area contributed by atoms with Crippen LogP contribution in [0.5, 0.6) is 11.5 Å². The number of hydrogen-bond donors (Lipinski definition) is 1. The van der Waals surface area contributed by atoms with E-state index in [0.29, 0.717) is 5.75 Å². The SMILES string of the molecule is COc1ccc(C)cc1S(=O)(=O)N/N=C/c1cccc(OC(C)C)c1. The number of hydrogen-bond acceptors (Lipinski definition) is 5. The van der Waals surface area contributed by atoms with Crippen molar-refractivity contribution in [1.82, 2.24) is 4.83 Å². The third-order valence-corrected chi connectivity index (χ3v) is 4.47. The largest absolute Gasteiger partial charge is 0.495 e. The van der Waals surface area contributed by atoms with E-state index in [1.54, 1.807) is 24.3 Å². The fourth-order valence-electron chi connectivity index (χ4n) is 2.15. The molecule has 0 heterocycles. The van der Waals surface area contributed by atoms with Crippen molar-refractivity contribution in [1.29, 1.82) is 0 Å². The highest BCUT2D eigenvalue weighted by Gasteiger charge is 2.18. The molecule has 0 saturated heterocycles. The second-order valence-corrected chi connectivity index (χ2v) is 7.38. The van der Waals surface area contributed by atoms with Crippen molar-refractivity contribution < 1.29 is 17.9 Å². The van der Waals surface area contributed by atoms with Crippen LogP contribution in [0.1, 0.15) is 25.0 Å². The molecule has 0 aliphatic rings. The fraction of sp³-hybridized carbons (Fsp3) is 0.278. The van der Waals surface area contributed by atoms with Gasteiger partial charge in [-0.05, 0) is 56.2 Å². The number of hydrazone groups is 1. The third kappa shape index (κ3) is 5.22. The molecule has 0 spiro atoms. The fourth-order valence-corrected chi connectivity index (χ4v) is 3.20. The first kappa shape index (κ1) is 18.8. The van der Waals surface area contributed by atoms with Gasteiger partial charge in [0.15, 0.2) is 0 Å². The van der Waals surface area contributed by atoms with Gasteiger partial charge in [0.2, 0.25) is 0 Å². The number of nitrogens with zero attached hydrogens (tertiary/aromatic N) is 1. The van der Waals surface area contributed by atoms with E-state index in [0.717, 1.165) is 11.1 Å². The summed E-state index contributed by atoms with van der Waals surface area (Å²) in [5.41, 5.74) is 1.53. The second-order valence-electron chi connectivity index (χ2n) is 5.75. The van der Waals surface area contributed by atoms with Crippen molar-refractivity contribution in [3.05, 3.63) is 53.6 Å². The lowest BCUT2D eigenvalue weighted by molar-refractivity contribution is 0.242. The second kappa shape index (κ2) is 8.02. The molecule has 6 nitrogen and oxygen atoms in total. The van der Waals surface area contributed by atoms with Gasteiger partial charge in [0.1, 0.15) is 16.4 Å². The van der Waals surface area contributed by atoms with Crippen LogP contribution in [0, 0.1) is 6.92 Å². The van der Waals surface area contributed by atoms with E-state index in [4.69, 9.17) is 9.47 Å². The average molecular weight is 362 g/mol. The van der Waals surface area contributed by atoms with E-state index < -0.39 is 10.0 Å². The first-order chi connectivity index (χ1) is 11.8. The van der Waals surface area contributed by atoms with Gasteiger partial charge in [0.25, 0.3) is 10.0 Å². The van der Waals surface area contributed by atoms with Crippen molar-refractivity contribution >= 4 is 16.2 Å². The number of rotatable bonds is 7. The zero-order valence-corrected chi connectivity index (χ0v) is 15.5. The van der Waals surface area contributed by atoms with Crippen LogP contribution in [-0.4, -0.2) is 27.8 Å². The van der Waals surface area contributed by atoms with Crippen LogP contribution in [0.4, 0.5) is 0 Å². The molecular formula is C18H22N2O4S. The van der Waals surface area contributed by atoms with E-state index in [-0.39, 0.29) is 16.7 Å². The monoisotopic (exact) mass is 362 g/mol. The lowest BCUT2D eigenvalue weighted by Gasteiger charge is -2.10. The standard InChI is InChI=1S/C18H22N2O4S/c1-13(2)24-16-7-5-6-15(11-16)12-19-20-25(21,22)18-10-14(3)8-9-17(18)23-4/h5-13,20H,1-4H3/b19-12+. The van der Waals surface area contributed by atoms with Crippen LogP contribution < -0.4 is 14.3 Å². The lowest BCUT2D eigenvalue weighted by Crippen LogP contribution is -2.19. The highest BCUT2D eigenvalue weighted by atomic mass is 32.2. The van der Waals surface area contributed by atoms with Gasteiger partial charge in [-0.3, -0.25) is 0 Å². The number of ether oxygens (including phenoxy) is 2. The Bertz CT molecular complexity index is 861. The van der Waals surface area contributed by atoms with Crippen molar-refractivity contribution in [2.45, 2.75) is 31.8 Å². The predicted molar refractivity (Wildman–Crippen MR) is 97.9 cm³/mol. The van der Waals surface area contributed by atoms with Gasteiger partial charge in [-0.15, -0.1) is 0 Å². The Balaban J connectivity index is 2.17. The molecule has 0 saturated carbocycles. The Kier molecular flexibility index (Phi) is 6.03. The highest BCUT2D eigenvalue weighted by molar-refractivity contribution is 7.89. The van der Waals surface area contributed by atoms with E-state index >= 15 is 0 Å². The molecule has 0 radical (unpaired) electrons. The molecule has 0 atom stereocenters. The van der Waals surface area contributed by atoms with E-state index in [2.05, 4.69) is 9.93 Å². The highest BCUT2D eigenvalue weighted by Crippen LogP contribution is 2.24. The van der Waals surface area contributed by atoms with Crippen molar-refractivity contribution in [2.24, 2.45) is 5.10 Å². The number of methoxy groups -OCH3 is 1. The summed E-state index contributed by atoms with van der Waals surface area (Å²) in [6.07, 6.45) is 1.48. The third-order valence-electron chi connectivity index (χ3n) is 3.23. The van der Waals surface area contributed by atoms with E-state index in [1.165, 1.54) is 19.4 Å². The van der Waals surface area contributed by atoms with Gasteiger partial charge >= 0.3 is 0 Å². The van der Waals surface area contributed by atoms with Gasteiger partial charge < -0.3 is 9.47 Å². The topological polar surface area (TPSA) is 77.0 Å². The summed E-state index contributed by atoms with van der Waals surface area (Å²) in [6, 6.07) is 12.2. The van der Waals surface area contributed by atoms with Gasteiger partial charge in [-0.2, -0.15) is 18.4 Å². The van der Waals surface area contributed by atoms with Crippen LogP contribution in [0.2, 0.25) is 0 Å². The minimum absolute atomic E-state index is 0.0454. The molecule has 7 heteroatoms. The van der Waals surface area contributed by atoms with E-state index in [1.807, 2.05) is 32.9 Å². The molecule has 0 bridgehead atoms. The maximum Gasteiger partial charge on any atom is 0.280 e. The normalized spacial score (nSPS) is 11.7. The van der Waals surface area contributed by atoms with Gasteiger partial charge in [0, 0.05) is 0 Å². The Labute approximate surface area is 148 Å². The van der Waals surface area contributed by atoms with Gasteiger partial charge in [0.05, 0.1) is 19.4 Å². The summed E-state index contributed by atoms with van der Waals surface area (Å²) in [4.78, 5) is 2.25. The molecule has 25 heavy (non-hydrogen) atoms. The van der Waals surface area contributed by atoms with Crippen LogP contribution in [-0.2, 0) is 10.0 Å². The van der Waals surface area contributed by atoms with Crippen LogP contribution in [0.25, 0.3) is 0 Å². The van der Waals surface area contributed by atoms with Gasteiger partial charge in [-0.25, -0.2) is 0 Å². The van der Waals surface area contributed by atoms with Crippen LogP contribution >= 0.6 is 0 Å². The van der Waals surface area contributed by atoms with E-state index in [9.17, 15) is 8.42 Å². The molecule has 0 aromatic heterocycles. The Morgan fingerprint density at radius 2 is 1.92 bits per heavy atom. The lowest BCUT2D eigenvalue weighted by atomic mass is 10.2. The van der Waals surface area contributed by atoms with Gasteiger partial charge in [-0.1, -0.05) is 18.2 Å². The molecule has 0 fully saturated rings. The quantitative estimate of drug-likeness (QED) is 0.606. The summed E-state index contributed by atoms with van der Waals surface area (Å²) in [5, 5.41) is 3.84. The molecule has 0 aliphatic heterocycles. The summed E-state index contributed by atoms with van der Waals surface area (Å²) in [5.74, 6) is 0.961. The molecule has 1 N–H and O–H groups in total. The van der Waals surface area contributed by atoms with Crippen molar-refractivity contribution in [3.8, 4) is 11.5 Å². The minimum atomic E-state index is -3.83. The Morgan fingerprint density at radius 1 is 1.16 bits per heavy atom. The first-order valence-electron chi connectivity index (χ1n) is 7.78. The average Bonchev–Trinajstić information content (AvgIpc) is 2.54. The summed E-state index contributed by atoms with van der Waals surface area (Å²) >= 11 is 0. The maximum absolute atomic E-state index is 12.4. The molecule has 2 aromatic carbocycles. The zero-order valence-electron chi connectivity index (χ0n) is 14.7. The van der Waals surface area contributed by atoms with Crippen LogP contribution in [0.3, 0.4) is 0 Å². The Morgan fingerprint density at radius 3 is 2.60 bits per heavy atom. The molecule has 0 amide bonds.